The van der Waals surface area contributed by atoms with Crippen molar-refractivity contribution < 1.29 is 58.1 Å². The van der Waals surface area contributed by atoms with Crippen molar-refractivity contribution in [2.75, 3.05) is 40.2 Å². The number of benzene rings is 1. The zero-order valence-corrected chi connectivity index (χ0v) is 24.4. The fourth-order valence-corrected chi connectivity index (χ4v) is 7.57. The SMILES string of the molecule is COC1=C[C@]23CCCN2CCc2cc4c(cc2[C@@H]3[C@@H]1OC(=O)[C@@]1(C/C=C/COC2OC(CO)C(O)C2O)CC(=O)O1)OCO4. The molecule has 5 aliphatic heterocycles. The minimum Gasteiger partial charge on any atom is -0.497 e. The highest BCUT2D eigenvalue weighted by Gasteiger charge is 2.60. The van der Waals surface area contributed by atoms with Gasteiger partial charge < -0.3 is 48.5 Å². The molecule has 44 heavy (non-hydrogen) atoms. The molecule has 1 aromatic rings. The summed E-state index contributed by atoms with van der Waals surface area (Å²) in [5.74, 6) is 0.508. The third-order valence-electron chi connectivity index (χ3n) is 9.78. The van der Waals surface area contributed by atoms with Crippen LogP contribution in [0.2, 0.25) is 0 Å². The maximum atomic E-state index is 13.9. The van der Waals surface area contributed by atoms with Crippen molar-refractivity contribution in [3.05, 3.63) is 47.2 Å². The van der Waals surface area contributed by atoms with Crippen molar-refractivity contribution in [1.29, 1.82) is 0 Å². The molecule has 6 aliphatic rings. The van der Waals surface area contributed by atoms with Crippen molar-refractivity contribution in [1.82, 2.24) is 4.90 Å². The predicted molar refractivity (Wildman–Crippen MR) is 148 cm³/mol. The molecule has 0 saturated carbocycles. The molecular formula is C31H37NO12. The van der Waals surface area contributed by atoms with Crippen LogP contribution in [0.5, 0.6) is 11.5 Å². The number of fused-ring (bicyclic) bond motifs is 3. The predicted octanol–water partition coefficient (Wildman–Crippen LogP) is 0.433. The Hall–Kier alpha value is -3.20. The largest absolute Gasteiger partial charge is 0.497 e. The molecule has 3 saturated heterocycles. The summed E-state index contributed by atoms with van der Waals surface area (Å²) in [6.07, 6.45) is 2.58. The highest BCUT2D eigenvalue weighted by Crippen LogP contribution is 2.56. The second-order valence-corrected chi connectivity index (χ2v) is 12.2. The molecule has 1 aliphatic carbocycles. The van der Waals surface area contributed by atoms with Crippen molar-refractivity contribution in [2.45, 2.75) is 79.9 Å². The maximum Gasteiger partial charge on any atom is 0.352 e. The zero-order valence-electron chi connectivity index (χ0n) is 24.4. The Balaban J connectivity index is 1.10. The van der Waals surface area contributed by atoms with E-state index in [2.05, 4.69) is 11.0 Å². The van der Waals surface area contributed by atoms with E-state index >= 15 is 0 Å². The summed E-state index contributed by atoms with van der Waals surface area (Å²) in [6.45, 7) is 1.45. The molecule has 8 atom stereocenters. The molecule has 7 rings (SSSR count). The summed E-state index contributed by atoms with van der Waals surface area (Å²) in [5, 5.41) is 29.2. The highest BCUT2D eigenvalue weighted by atomic mass is 16.7. The maximum absolute atomic E-state index is 13.9. The van der Waals surface area contributed by atoms with Gasteiger partial charge in [0.2, 0.25) is 12.4 Å². The molecular weight excluding hydrogens is 578 g/mol. The van der Waals surface area contributed by atoms with Crippen LogP contribution in [-0.4, -0.2) is 114 Å². The normalized spacial score (nSPS) is 37.1. The summed E-state index contributed by atoms with van der Waals surface area (Å²) in [6, 6.07) is 4.04. The molecule has 1 aromatic carbocycles. The number of esters is 2. The quantitative estimate of drug-likeness (QED) is 0.259. The van der Waals surface area contributed by atoms with Gasteiger partial charge in [0, 0.05) is 13.0 Å². The van der Waals surface area contributed by atoms with E-state index in [0.29, 0.717) is 17.3 Å². The number of rotatable bonds is 9. The fraction of sp³-hybridized carbons (Fsp3) is 0.613. The Kier molecular flexibility index (Phi) is 7.58. The van der Waals surface area contributed by atoms with E-state index in [1.165, 1.54) is 0 Å². The van der Waals surface area contributed by atoms with E-state index in [1.54, 1.807) is 19.3 Å². The lowest BCUT2D eigenvalue weighted by molar-refractivity contribution is -0.210. The first-order valence-corrected chi connectivity index (χ1v) is 15.0. The number of cyclic esters (lactones) is 1. The smallest absolute Gasteiger partial charge is 0.352 e. The second-order valence-electron chi connectivity index (χ2n) is 12.2. The molecule has 0 bridgehead atoms. The molecule has 4 unspecified atom stereocenters. The Labute approximate surface area is 253 Å². The van der Waals surface area contributed by atoms with E-state index in [1.807, 2.05) is 12.1 Å². The van der Waals surface area contributed by atoms with Gasteiger partial charge in [0.15, 0.2) is 23.9 Å². The number of hydrogen-bond acceptors (Lipinski definition) is 13. The van der Waals surface area contributed by atoms with Crippen LogP contribution in [0.3, 0.4) is 0 Å². The monoisotopic (exact) mass is 615 g/mol. The minimum atomic E-state index is -1.50. The number of methoxy groups -OCH3 is 1. The molecule has 5 heterocycles. The lowest BCUT2D eigenvalue weighted by Crippen LogP contribution is -2.56. The lowest BCUT2D eigenvalue weighted by Gasteiger charge is -2.41. The van der Waals surface area contributed by atoms with Gasteiger partial charge in [-0.2, -0.15) is 0 Å². The third kappa shape index (κ3) is 4.68. The Morgan fingerprint density at radius 3 is 2.68 bits per heavy atom. The summed E-state index contributed by atoms with van der Waals surface area (Å²) in [7, 11) is 1.57. The summed E-state index contributed by atoms with van der Waals surface area (Å²) >= 11 is 0. The van der Waals surface area contributed by atoms with Gasteiger partial charge in [0.05, 0.1) is 38.2 Å². The Morgan fingerprint density at radius 1 is 1.16 bits per heavy atom. The average Bonchev–Trinajstić information content (AvgIpc) is 3.75. The first kappa shape index (κ1) is 29.5. The van der Waals surface area contributed by atoms with E-state index in [-0.39, 0.29) is 32.2 Å². The molecule has 1 spiro atoms. The minimum absolute atomic E-state index is 0.0157. The number of aliphatic hydroxyl groups excluding tert-OH is 3. The number of carbonyl (C=O) groups excluding carboxylic acids is 2. The van der Waals surface area contributed by atoms with Gasteiger partial charge in [-0.05, 0) is 55.1 Å². The molecule has 13 heteroatoms. The van der Waals surface area contributed by atoms with Gasteiger partial charge in [-0.3, -0.25) is 9.69 Å². The van der Waals surface area contributed by atoms with Gasteiger partial charge in [0.25, 0.3) is 0 Å². The van der Waals surface area contributed by atoms with Gasteiger partial charge in [-0.1, -0.05) is 12.2 Å². The molecule has 3 fully saturated rings. The van der Waals surface area contributed by atoms with E-state index in [9.17, 15) is 24.9 Å². The first-order valence-electron chi connectivity index (χ1n) is 15.0. The second kappa shape index (κ2) is 11.3. The van der Waals surface area contributed by atoms with Gasteiger partial charge in [0.1, 0.15) is 24.1 Å². The topological polar surface area (TPSA) is 163 Å². The fourth-order valence-electron chi connectivity index (χ4n) is 7.57. The molecule has 0 aromatic heterocycles. The third-order valence-corrected chi connectivity index (χ3v) is 9.78. The molecule has 0 radical (unpaired) electrons. The Bertz CT molecular complexity index is 1370. The average molecular weight is 616 g/mol. The van der Waals surface area contributed by atoms with E-state index in [4.69, 9.17) is 33.2 Å². The molecule has 0 amide bonds. The van der Waals surface area contributed by atoms with Gasteiger partial charge in [-0.15, -0.1) is 0 Å². The number of hydrogen-bond donors (Lipinski definition) is 3. The van der Waals surface area contributed by atoms with Crippen LogP contribution in [0.1, 0.15) is 42.7 Å². The van der Waals surface area contributed by atoms with Crippen LogP contribution in [0.4, 0.5) is 0 Å². The Morgan fingerprint density at radius 2 is 1.95 bits per heavy atom. The van der Waals surface area contributed by atoms with Crippen LogP contribution in [-0.2, 0) is 39.7 Å². The number of ether oxygens (including phenoxy) is 7. The van der Waals surface area contributed by atoms with Crippen molar-refractivity contribution >= 4 is 11.9 Å². The van der Waals surface area contributed by atoms with Crippen LogP contribution >= 0.6 is 0 Å². The van der Waals surface area contributed by atoms with Crippen molar-refractivity contribution in [3.8, 4) is 11.5 Å². The van der Waals surface area contributed by atoms with Crippen LogP contribution < -0.4 is 9.47 Å². The van der Waals surface area contributed by atoms with E-state index < -0.39 is 60.4 Å². The standard InChI is InChI=1S/C31H37NO12/c1-38-21-13-30-6-4-8-32(30)9-5-17-11-19-20(41-16-40-19)12-18(17)24(30)27(21)43-29(37)31(14-23(34)44-31)7-2-3-10-39-28-26(36)25(35)22(15-33)42-28/h2-3,11-13,22,24-28,33,35-36H,4-10,14-16H2,1H3/b3-2+/t22?,24-,25?,26?,27-,28?,30+,31-/m1/s1. The van der Waals surface area contributed by atoms with Gasteiger partial charge >= 0.3 is 11.9 Å². The lowest BCUT2D eigenvalue weighted by atomic mass is 9.77. The van der Waals surface area contributed by atoms with E-state index in [0.717, 1.165) is 43.5 Å². The number of aliphatic hydroxyl groups is 3. The molecule has 3 N–H and O–H groups in total. The van der Waals surface area contributed by atoms with Crippen LogP contribution in [0.15, 0.2) is 36.1 Å². The number of nitrogens with zero attached hydrogens (tertiary/aromatic N) is 1. The summed E-state index contributed by atoms with van der Waals surface area (Å²) in [5.41, 5.74) is 0.246. The first-order chi connectivity index (χ1) is 21.3. The van der Waals surface area contributed by atoms with Crippen LogP contribution in [0.25, 0.3) is 0 Å². The van der Waals surface area contributed by atoms with Crippen molar-refractivity contribution in [2.24, 2.45) is 0 Å². The van der Waals surface area contributed by atoms with Gasteiger partial charge in [-0.25, -0.2) is 4.79 Å². The summed E-state index contributed by atoms with van der Waals surface area (Å²) in [4.78, 5) is 28.3. The zero-order chi connectivity index (χ0) is 30.6. The molecule has 13 nitrogen and oxygen atoms in total. The summed E-state index contributed by atoms with van der Waals surface area (Å²) < 4.78 is 39.7. The van der Waals surface area contributed by atoms with Crippen molar-refractivity contribution in [3.63, 3.8) is 0 Å². The van der Waals surface area contributed by atoms with Crippen LogP contribution in [0, 0.1) is 0 Å². The number of carbonyl (C=O) groups is 2. The highest BCUT2D eigenvalue weighted by molar-refractivity contribution is 5.94. The molecule has 238 valence electrons.